The lowest BCUT2D eigenvalue weighted by molar-refractivity contribution is -0.124. The van der Waals surface area contributed by atoms with E-state index in [0.717, 1.165) is 36.8 Å². The molecule has 0 unspecified atom stereocenters. The van der Waals surface area contributed by atoms with Crippen LogP contribution in [0.25, 0.3) is 0 Å². The van der Waals surface area contributed by atoms with E-state index in [0.29, 0.717) is 10.6 Å². The second kappa shape index (κ2) is 9.74. The molecule has 1 aliphatic heterocycles. The van der Waals surface area contributed by atoms with Crippen molar-refractivity contribution in [3.63, 3.8) is 0 Å². The Morgan fingerprint density at radius 3 is 2.44 bits per heavy atom. The van der Waals surface area contributed by atoms with Crippen molar-refractivity contribution < 1.29 is 14.4 Å². The fourth-order valence-corrected chi connectivity index (χ4v) is 5.09. The zero-order chi connectivity index (χ0) is 22.7. The van der Waals surface area contributed by atoms with Crippen LogP contribution in [-0.4, -0.2) is 42.3 Å². The van der Waals surface area contributed by atoms with Crippen LogP contribution >= 0.6 is 11.6 Å². The predicted octanol–water partition coefficient (Wildman–Crippen LogP) is 3.82. The molecule has 0 spiro atoms. The number of amides is 3. The van der Waals surface area contributed by atoms with Crippen LogP contribution < -0.4 is 10.6 Å². The molecular formula is C25H28ClN3O3. The summed E-state index contributed by atoms with van der Waals surface area (Å²) < 4.78 is 0. The number of benzene rings is 2. The molecule has 4 rings (SSSR count). The fraction of sp³-hybridized carbons (Fsp3) is 0.400. The quantitative estimate of drug-likeness (QED) is 0.698. The molecule has 0 saturated heterocycles. The highest BCUT2D eigenvalue weighted by molar-refractivity contribution is 6.30. The van der Waals surface area contributed by atoms with E-state index in [9.17, 15) is 14.4 Å². The van der Waals surface area contributed by atoms with Crippen LogP contribution in [0.4, 0.5) is 0 Å². The first-order valence-corrected chi connectivity index (χ1v) is 11.5. The number of carbonyl (C=O) groups is 3. The average Bonchev–Trinajstić information content (AvgIpc) is 3.33. The maximum Gasteiger partial charge on any atom is 0.254 e. The minimum absolute atomic E-state index is 0.0261. The van der Waals surface area contributed by atoms with Gasteiger partial charge in [-0.25, -0.2) is 0 Å². The fourth-order valence-electron chi connectivity index (χ4n) is 4.97. The van der Waals surface area contributed by atoms with E-state index in [1.807, 2.05) is 41.3 Å². The van der Waals surface area contributed by atoms with Gasteiger partial charge in [-0.3, -0.25) is 14.4 Å². The van der Waals surface area contributed by atoms with E-state index in [1.165, 1.54) is 0 Å². The Hall–Kier alpha value is -2.86. The number of rotatable bonds is 6. The summed E-state index contributed by atoms with van der Waals surface area (Å²) >= 11 is 6.14. The Morgan fingerprint density at radius 1 is 1.06 bits per heavy atom. The molecule has 2 aromatic rings. The smallest absolute Gasteiger partial charge is 0.254 e. The second-order valence-electron chi connectivity index (χ2n) is 8.43. The molecule has 32 heavy (non-hydrogen) atoms. The number of hydrogen-bond acceptors (Lipinski definition) is 3. The number of hydrogen-bond donors (Lipinski definition) is 2. The van der Waals surface area contributed by atoms with E-state index < -0.39 is 12.0 Å². The van der Waals surface area contributed by atoms with Gasteiger partial charge in [-0.1, -0.05) is 54.8 Å². The summed E-state index contributed by atoms with van der Waals surface area (Å²) in [6.07, 6.45) is 4.22. The first-order valence-electron chi connectivity index (χ1n) is 11.2. The van der Waals surface area contributed by atoms with Crippen molar-refractivity contribution in [2.75, 3.05) is 13.6 Å². The molecule has 168 valence electrons. The molecule has 7 heteroatoms. The molecular weight excluding hydrogens is 426 g/mol. The van der Waals surface area contributed by atoms with E-state index in [-0.39, 0.29) is 36.7 Å². The van der Waals surface area contributed by atoms with E-state index in [1.54, 1.807) is 19.2 Å². The largest absolute Gasteiger partial charge is 0.359 e. The summed E-state index contributed by atoms with van der Waals surface area (Å²) in [6, 6.07) is 14.4. The Labute approximate surface area is 193 Å². The van der Waals surface area contributed by atoms with Gasteiger partial charge in [0.05, 0.1) is 12.0 Å². The van der Waals surface area contributed by atoms with Crippen LogP contribution in [0, 0.1) is 0 Å². The number of fused-ring (bicyclic) bond motifs is 1. The number of carbonyl (C=O) groups excluding carboxylic acids is 3. The van der Waals surface area contributed by atoms with Gasteiger partial charge in [0.25, 0.3) is 5.91 Å². The Kier molecular flexibility index (Phi) is 6.80. The summed E-state index contributed by atoms with van der Waals surface area (Å²) in [5, 5.41) is 6.11. The molecule has 1 heterocycles. The van der Waals surface area contributed by atoms with E-state index >= 15 is 0 Å². The first kappa shape index (κ1) is 22.3. The molecule has 2 aromatic carbocycles. The van der Waals surface area contributed by atoms with Gasteiger partial charge < -0.3 is 15.5 Å². The van der Waals surface area contributed by atoms with Crippen molar-refractivity contribution in [3.8, 4) is 0 Å². The number of nitrogens with zero attached hydrogens (tertiary/aromatic N) is 1. The van der Waals surface area contributed by atoms with Crippen molar-refractivity contribution in [2.24, 2.45) is 0 Å². The summed E-state index contributed by atoms with van der Waals surface area (Å²) in [5.41, 5.74) is 2.19. The summed E-state index contributed by atoms with van der Waals surface area (Å²) in [5.74, 6) is -0.916. The van der Waals surface area contributed by atoms with Gasteiger partial charge in [0.15, 0.2) is 0 Å². The molecule has 2 aliphatic rings. The molecule has 1 saturated carbocycles. The minimum Gasteiger partial charge on any atom is -0.359 e. The summed E-state index contributed by atoms with van der Waals surface area (Å²) in [6.45, 7) is 0.238. The molecule has 6 nitrogen and oxygen atoms in total. The highest BCUT2D eigenvalue weighted by atomic mass is 35.5. The Balaban J connectivity index is 1.77. The third kappa shape index (κ3) is 4.37. The van der Waals surface area contributed by atoms with Gasteiger partial charge in [-0.05, 0) is 42.2 Å². The van der Waals surface area contributed by atoms with E-state index in [2.05, 4.69) is 10.6 Å². The maximum absolute atomic E-state index is 13.7. The lowest BCUT2D eigenvalue weighted by atomic mass is 9.78. The third-order valence-electron chi connectivity index (χ3n) is 6.52. The molecule has 0 radical (unpaired) electrons. The third-order valence-corrected chi connectivity index (χ3v) is 6.77. The average molecular weight is 454 g/mol. The van der Waals surface area contributed by atoms with Crippen molar-refractivity contribution in [3.05, 3.63) is 70.2 Å². The molecule has 3 amide bonds. The van der Waals surface area contributed by atoms with Crippen LogP contribution in [0.3, 0.4) is 0 Å². The highest BCUT2D eigenvalue weighted by Crippen LogP contribution is 2.46. The van der Waals surface area contributed by atoms with Crippen LogP contribution in [0.5, 0.6) is 0 Å². The van der Waals surface area contributed by atoms with Crippen molar-refractivity contribution in [2.45, 2.75) is 50.1 Å². The van der Waals surface area contributed by atoms with Crippen LogP contribution in [-0.2, 0) is 9.59 Å². The molecule has 2 atom stereocenters. The lowest BCUT2D eigenvalue weighted by Crippen LogP contribution is -2.51. The first-order chi connectivity index (χ1) is 15.5. The number of nitrogens with one attached hydrogen (secondary N) is 2. The Bertz CT molecular complexity index is 1000. The number of halogens is 1. The minimum atomic E-state index is -0.574. The van der Waals surface area contributed by atoms with Crippen LogP contribution in [0.1, 0.15) is 65.5 Å². The van der Waals surface area contributed by atoms with Gasteiger partial charge in [0, 0.05) is 36.6 Å². The topological polar surface area (TPSA) is 78.5 Å². The van der Waals surface area contributed by atoms with Crippen molar-refractivity contribution in [1.29, 1.82) is 0 Å². The van der Waals surface area contributed by atoms with Crippen LogP contribution in [0.15, 0.2) is 48.5 Å². The molecule has 2 N–H and O–H groups in total. The summed E-state index contributed by atoms with van der Waals surface area (Å²) in [7, 11) is 1.57. The van der Waals surface area contributed by atoms with Gasteiger partial charge >= 0.3 is 0 Å². The molecule has 1 aliphatic carbocycles. The molecule has 0 aromatic heterocycles. The standard InChI is InChI=1S/C25H28ClN3O3/c1-27-21(30)14-15-28-24(31)22-19-8-4-5-9-20(19)25(32)29(18-6-2-3-7-18)23(22)16-10-12-17(26)13-11-16/h4-5,8-13,18,22-23H,2-3,6-7,14-15H2,1H3,(H,27,30)(H,28,31)/t22-,23+/m1/s1. The van der Waals surface area contributed by atoms with Gasteiger partial charge in [0.1, 0.15) is 0 Å². The normalized spacial score (nSPS) is 20.7. The summed E-state index contributed by atoms with van der Waals surface area (Å²) in [4.78, 5) is 40.8. The molecule has 0 bridgehead atoms. The lowest BCUT2D eigenvalue weighted by Gasteiger charge is -2.45. The molecule has 1 fully saturated rings. The van der Waals surface area contributed by atoms with Crippen molar-refractivity contribution >= 4 is 29.3 Å². The highest BCUT2D eigenvalue weighted by Gasteiger charge is 2.46. The zero-order valence-corrected chi connectivity index (χ0v) is 18.9. The Morgan fingerprint density at radius 2 is 1.75 bits per heavy atom. The van der Waals surface area contributed by atoms with Crippen LogP contribution in [0.2, 0.25) is 5.02 Å². The second-order valence-corrected chi connectivity index (χ2v) is 8.86. The SMILES string of the molecule is CNC(=O)CCNC(=O)[C@@H]1c2ccccc2C(=O)N(C2CCCC2)[C@H]1c1ccc(Cl)cc1. The van der Waals surface area contributed by atoms with Gasteiger partial charge in [0.2, 0.25) is 11.8 Å². The monoisotopic (exact) mass is 453 g/mol. The van der Waals surface area contributed by atoms with Gasteiger partial charge in [-0.15, -0.1) is 0 Å². The van der Waals surface area contributed by atoms with Gasteiger partial charge in [-0.2, -0.15) is 0 Å². The zero-order valence-electron chi connectivity index (χ0n) is 18.1. The predicted molar refractivity (Wildman–Crippen MR) is 123 cm³/mol. The van der Waals surface area contributed by atoms with E-state index in [4.69, 9.17) is 11.6 Å². The van der Waals surface area contributed by atoms with Crippen molar-refractivity contribution in [1.82, 2.24) is 15.5 Å². The maximum atomic E-state index is 13.7.